The van der Waals surface area contributed by atoms with E-state index in [-0.39, 0.29) is 5.91 Å². The van der Waals surface area contributed by atoms with Crippen LogP contribution in [0.2, 0.25) is 0 Å². The van der Waals surface area contributed by atoms with Crippen molar-refractivity contribution in [1.29, 1.82) is 0 Å². The van der Waals surface area contributed by atoms with Gasteiger partial charge in [-0.1, -0.05) is 36.4 Å². The van der Waals surface area contributed by atoms with Gasteiger partial charge in [0, 0.05) is 5.39 Å². The van der Waals surface area contributed by atoms with Gasteiger partial charge in [-0.15, -0.1) is 0 Å². The van der Waals surface area contributed by atoms with Crippen LogP contribution in [0.5, 0.6) is 11.5 Å². The summed E-state index contributed by atoms with van der Waals surface area (Å²) in [6, 6.07) is 20.1. The van der Waals surface area contributed by atoms with Crippen LogP contribution in [0.3, 0.4) is 0 Å². The van der Waals surface area contributed by atoms with Gasteiger partial charge in [-0.05, 0) is 48.2 Å². The summed E-state index contributed by atoms with van der Waals surface area (Å²) in [4.78, 5) is 22.7. The highest BCUT2D eigenvalue weighted by Gasteiger charge is 2.15. The van der Waals surface area contributed by atoms with Crippen molar-refractivity contribution in [3.8, 4) is 11.5 Å². The Morgan fingerprint density at radius 1 is 1.07 bits per heavy atom. The first-order valence-electron chi connectivity index (χ1n) is 8.95. The van der Waals surface area contributed by atoms with Gasteiger partial charge >= 0.3 is 5.97 Å². The summed E-state index contributed by atoms with van der Waals surface area (Å²) in [7, 11) is 0. The number of amides is 1. The Balaban J connectivity index is 1.55. The SMILES string of the molecule is C[C@H](Oc1cccc2ccccc12)C(=O)N/N=C\c1ccc(OCC(=O)O)cc1. The molecule has 0 aliphatic rings. The van der Waals surface area contributed by atoms with E-state index in [2.05, 4.69) is 10.5 Å². The van der Waals surface area contributed by atoms with Crippen molar-refractivity contribution in [2.24, 2.45) is 5.10 Å². The van der Waals surface area contributed by atoms with Crippen molar-refractivity contribution in [2.45, 2.75) is 13.0 Å². The third-order valence-corrected chi connectivity index (χ3v) is 4.05. The van der Waals surface area contributed by atoms with Crippen LogP contribution in [-0.4, -0.2) is 35.9 Å². The van der Waals surface area contributed by atoms with Crippen LogP contribution in [0.4, 0.5) is 0 Å². The Bertz CT molecular complexity index is 1030. The Labute approximate surface area is 167 Å². The van der Waals surface area contributed by atoms with Gasteiger partial charge < -0.3 is 14.6 Å². The lowest BCUT2D eigenvalue weighted by Gasteiger charge is -2.14. The first-order chi connectivity index (χ1) is 14.0. The van der Waals surface area contributed by atoms with E-state index in [9.17, 15) is 9.59 Å². The molecule has 7 heteroatoms. The summed E-state index contributed by atoms with van der Waals surface area (Å²) in [5, 5.41) is 14.5. The smallest absolute Gasteiger partial charge is 0.341 e. The molecule has 7 nitrogen and oxygen atoms in total. The van der Waals surface area contributed by atoms with Gasteiger partial charge in [-0.25, -0.2) is 10.2 Å². The fourth-order valence-electron chi connectivity index (χ4n) is 2.60. The van der Waals surface area contributed by atoms with Gasteiger partial charge in [0.25, 0.3) is 5.91 Å². The van der Waals surface area contributed by atoms with Gasteiger partial charge in [0.05, 0.1) is 6.21 Å². The average Bonchev–Trinajstić information content (AvgIpc) is 2.73. The van der Waals surface area contributed by atoms with Crippen LogP contribution in [0.25, 0.3) is 10.8 Å². The topological polar surface area (TPSA) is 97.2 Å². The van der Waals surface area contributed by atoms with E-state index in [1.807, 2.05) is 42.5 Å². The minimum Gasteiger partial charge on any atom is -0.482 e. The van der Waals surface area contributed by atoms with E-state index in [0.29, 0.717) is 11.5 Å². The molecule has 148 valence electrons. The van der Waals surface area contributed by atoms with Crippen LogP contribution >= 0.6 is 0 Å². The largest absolute Gasteiger partial charge is 0.482 e. The lowest BCUT2D eigenvalue weighted by molar-refractivity contribution is -0.139. The molecule has 3 rings (SSSR count). The standard InChI is InChI=1S/C22H20N2O5/c1-15(29-20-8-4-6-17-5-2-3-7-19(17)20)22(27)24-23-13-16-9-11-18(12-10-16)28-14-21(25)26/h2-13,15H,14H2,1H3,(H,24,27)(H,25,26)/b23-13-/t15-/m0/s1. The number of aliphatic carboxylic acids is 1. The number of ether oxygens (including phenoxy) is 2. The van der Waals surface area contributed by atoms with Gasteiger partial charge in [0.15, 0.2) is 12.7 Å². The number of nitrogens with one attached hydrogen (secondary N) is 1. The molecule has 0 bridgehead atoms. The molecule has 1 atom stereocenters. The third-order valence-electron chi connectivity index (χ3n) is 4.05. The Morgan fingerprint density at radius 3 is 2.55 bits per heavy atom. The monoisotopic (exact) mass is 392 g/mol. The number of hydrazone groups is 1. The van der Waals surface area contributed by atoms with Gasteiger partial charge in [0.1, 0.15) is 11.5 Å². The van der Waals surface area contributed by atoms with Crippen LogP contribution in [0.15, 0.2) is 71.8 Å². The lowest BCUT2D eigenvalue weighted by atomic mass is 10.1. The second kappa shape index (κ2) is 9.36. The highest BCUT2D eigenvalue weighted by atomic mass is 16.5. The molecule has 0 heterocycles. The van der Waals surface area contributed by atoms with E-state index >= 15 is 0 Å². The Morgan fingerprint density at radius 2 is 1.79 bits per heavy atom. The maximum Gasteiger partial charge on any atom is 0.341 e. The molecular formula is C22H20N2O5. The number of carbonyl (C=O) groups is 2. The highest BCUT2D eigenvalue weighted by Crippen LogP contribution is 2.26. The number of hydrogen-bond acceptors (Lipinski definition) is 5. The van der Waals surface area contributed by atoms with E-state index in [1.54, 1.807) is 31.2 Å². The zero-order chi connectivity index (χ0) is 20.6. The molecular weight excluding hydrogens is 372 g/mol. The highest BCUT2D eigenvalue weighted by molar-refractivity contribution is 5.89. The van der Waals surface area contributed by atoms with Crippen molar-refractivity contribution in [2.75, 3.05) is 6.61 Å². The quantitative estimate of drug-likeness (QED) is 0.453. The van der Waals surface area contributed by atoms with Crippen LogP contribution in [0.1, 0.15) is 12.5 Å². The molecule has 3 aromatic rings. The molecule has 0 saturated heterocycles. The molecule has 29 heavy (non-hydrogen) atoms. The summed E-state index contributed by atoms with van der Waals surface area (Å²) in [6.07, 6.45) is 0.744. The zero-order valence-electron chi connectivity index (χ0n) is 15.7. The fourth-order valence-corrected chi connectivity index (χ4v) is 2.60. The molecule has 0 aromatic heterocycles. The number of benzene rings is 3. The molecule has 0 radical (unpaired) electrons. The second-order valence-corrected chi connectivity index (χ2v) is 6.22. The van der Waals surface area contributed by atoms with Gasteiger partial charge in [0.2, 0.25) is 0 Å². The molecule has 0 aliphatic carbocycles. The number of carbonyl (C=O) groups excluding carboxylic acids is 1. The van der Waals surface area contributed by atoms with Crippen LogP contribution < -0.4 is 14.9 Å². The Kier molecular flexibility index (Phi) is 6.42. The number of nitrogens with zero attached hydrogens (tertiary/aromatic N) is 1. The van der Waals surface area contributed by atoms with E-state index < -0.39 is 18.7 Å². The van der Waals surface area contributed by atoms with Crippen LogP contribution in [-0.2, 0) is 9.59 Å². The van der Waals surface area contributed by atoms with Crippen molar-refractivity contribution in [1.82, 2.24) is 5.43 Å². The Hall–Kier alpha value is -3.87. The summed E-state index contributed by atoms with van der Waals surface area (Å²) in [6.45, 7) is 1.25. The molecule has 1 amide bonds. The molecule has 0 unspecified atom stereocenters. The molecule has 0 spiro atoms. The minimum absolute atomic E-state index is 0.379. The lowest BCUT2D eigenvalue weighted by Crippen LogP contribution is -2.33. The normalized spacial score (nSPS) is 11.9. The first kappa shape index (κ1) is 19.9. The molecule has 3 aromatic carbocycles. The maximum absolute atomic E-state index is 12.3. The van der Waals surface area contributed by atoms with Crippen LogP contribution in [0, 0.1) is 0 Å². The maximum atomic E-state index is 12.3. The number of fused-ring (bicyclic) bond motifs is 1. The van der Waals surface area contributed by atoms with E-state index in [1.165, 1.54) is 6.21 Å². The molecule has 0 aliphatic heterocycles. The first-order valence-corrected chi connectivity index (χ1v) is 8.95. The van der Waals surface area contributed by atoms with Crippen molar-refractivity contribution >= 4 is 28.9 Å². The van der Waals surface area contributed by atoms with Gasteiger partial charge in [-0.2, -0.15) is 5.10 Å². The summed E-state index contributed by atoms with van der Waals surface area (Å²) in [5.74, 6) is -0.355. The summed E-state index contributed by atoms with van der Waals surface area (Å²) in [5.41, 5.74) is 3.17. The number of carboxylic acid groups (broad SMARTS) is 1. The molecule has 2 N–H and O–H groups in total. The number of rotatable bonds is 8. The fraction of sp³-hybridized carbons (Fsp3) is 0.136. The number of hydrogen-bond donors (Lipinski definition) is 2. The minimum atomic E-state index is -1.04. The predicted molar refractivity (Wildman–Crippen MR) is 109 cm³/mol. The third kappa shape index (κ3) is 5.55. The van der Waals surface area contributed by atoms with E-state index in [4.69, 9.17) is 14.6 Å². The van der Waals surface area contributed by atoms with E-state index in [0.717, 1.165) is 16.3 Å². The zero-order valence-corrected chi connectivity index (χ0v) is 15.7. The molecule has 0 saturated carbocycles. The van der Waals surface area contributed by atoms with Crippen molar-refractivity contribution in [3.05, 3.63) is 72.3 Å². The molecule has 0 fully saturated rings. The summed E-state index contributed by atoms with van der Waals surface area (Å²) >= 11 is 0. The summed E-state index contributed by atoms with van der Waals surface area (Å²) < 4.78 is 10.9. The van der Waals surface area contributed by atoms with Crippen molar-refractivity contribution < 1.29 is 24.2 Å². The van der Waals surface area contributed by atoms with Crippen molar-refractivity contribution in [3.63, 3.8) is 0 Å². The second-order valence-electron chi connectivity index (χ2n) is 6.22. The van der Waals surface area contributed by atoms with Gasteiger partial charge in [-0.3, -0.25) is 4.79 Å². The predicted octanol–water partition coefficient (Wildman–Crippen LogP) is 3.22. The number of carboxylic acids is 1. The average molecular weight is 392 g/mol.